The summed E-state index contributed by atoms with van der Waals surface area (Å²) in [5.41, 5.74) is 8.44. The highest BCUT2D eigenvalue weighted by molar-refractivity contribution is 7.92. The number of nitrogens with zero attached hydrogens (tertiary/aromatic N) is 6. The van der Waals surface area contributed by atoms with Crippen molar-refractivity contribution in [2.24, 2.45) is 0 Å². The molecule has 6 aromatic heterocycles. The molecule has 3 aliphatic carbocycles. The van der Waals surface area contributed by atoms with Crippen LogP contribution in [-0.4, -0.2) is 170 Å². The number of halogens is 1. The zero-order chi connectivity index (χ0) is 106. The number of ether oxygens (including phenoxy) is 7. The minimum Gasteiger partial charge on any atom is -0.480 e. The molecule has 0 radical (unpaired) electrons. The van der Waals surface area contributed by atoms with Crippen molar-refractivity contribution in [3.8, 4) is 130 Å². The number of thiazole rings is 6. The summed E-state index contributed by atoms with van der Waals surface area (Å²) < 4.78 is 180. The highest BCUT2D eigenvalue weighted by Crippen LogP contribution is 2.49. The van der Waals surface area contributed by atoms with Gasteiger partial charge in [0, 0.05) is 60.1 Å². The lowest BCUT2D eigenvalue weighted by molar-refractivity contribution is 0.150. The van der Waals surface area contributed by atoms with Crippen LogP contribution in [0, 0.1) is 6.92 Å². The molecule has 1 aliphatic heterocycles. The second-order valence-corrected chi connectivity index (χ2v) is 55.0. The summed E-state index contributed by atoms with van der Waals surface area (Å²) in [6.07, 6.45) is 29.4. The molecule has 1 atom stereocenters. The van der Waals surface area contributed by atoms with Gasteiger partial charge in [0.15, 0.2) is 59.0 Å². The van der Waals surface area contributed by atoms with Crippen LogP contribution >= 0.6 is 79.6 Å². The van der Waals surface area contributed by atoms with E-state index in [2.05, 4.69) is 45.7 Å². The summed E-state index contributed by atoms with van der Waals surface area (Å²) in [4.78, 5) is 35.3. The van der Waals surface area contributed by atoms with Crippen molar-refractivity contribution in [3.63, 3.8) is 0 Å². The molecular weight excluding hydrogens is 2130 g/mol. The molecule has 0 bridgehead atoms. The zero-order valence-electron chi connectivity index (χ0n) is 84.2. The highest BCUT2D eigenvalue weighted by Gasteiger charge is 2.30. The molecule has 0 spiro atoms. The Morgan fingerprint density at radius 1 is 0.331 bits per heavy atom. The van der Waals surface area contributed by atoms with Crippen LogP contribution < -0.4 is 28.4 Å². The van der Waals surface area contributed by atoms with Crippen molar-refractivity contribution >= 4 is 139 Å². The fourth-order valence-electron chi connectivity index (χ4n) is 16.1. The Labute approximate surface area is 898 Å². The summed E-state index contributed by atoms with van der Waals surface area (Å²) in [6, 6.07) is 68.9. The first-order valence-corrected chi connectivity index (χ1v) is 65.5. The van der Waals surface area contributed by atoms with Crippen molar-refractivity contribution in [1.29, 1.82) is 0 Å². The van der Waals surface area contributed by atoms with Gasteiger partial charge < -0.3 is 33.2 Å². The first kappa shape index (κ1) is 113. The number of methoxy groups -OCH3 is 1. The van der Waals surface area contributed by atoms with Gasteiger partial charge in [-0.2, -0.15) is 0 Å². The Morgan fingerprint density at radius 2 is 0.649 bits per heavy atom. The molecule has 15 aromatic rings. The van der Waals surface area contributed by atoms with E-state index in [-0.39, 0.29) is 23.2 Å². The highest BCUT2D eigenvalue weighted by atomic mass is 35.5. The molecule has 3 saturated carbocycles. The Morgan fingerprint density at radius 3 is 1.02 bits per heavy atom. The summed E-state index contributed by atoms with van der Waals surface area (Å²) in [6.45, 7) is 10.6. The maximum Gasteiger partial charge on any atom is 0.233 e. The molecule has 7 heterocycles. The largest absolute Gasteiger partial charge is 0.480 e. The molecule has 38 heteroatoms. The van der Waals surface area contributed by atoms with Crippen LogP contribution in [-0.2, 0) is 70.2 Å². The quantitative estimate of drug-likeness (QED) is 0.0272. The number of unbranched alkanes of at least 4 members (excludes halogenated alkanes) is 2. The third-order valence-electron chi connectivity index (χ3n) is 24.3. The summed E-state index contributed by atoms with van der Waals surface area (Å²) in [7, 11) is -17.6. The SMILES string of the molecule is CCCCOc1nc(-c2ccccc2)sc1-c1ccc(S(C)(=O)=O)cc1.CCCCOc1nc(C)sc1-c1ccc(S(C)(=O)=O)cc1.CCc1nc(OC2CCCC2)c(-c2ccc(S(C)(=O)=O)cc2)s1.COc1nc(C2CCCCC2)sc1-c1ccc(S(C)(=O)=O)cc1.CS(=O)(=O)c1ccc(-c2sc(-c3ccccc3)nc2OC2CCCCC2)cc1.CS(=O)(=O)c1ccc(-c2sc(-c3ccccc3Cl)nc2OCC2CO2)cc1. The Hall–Kier alpha value is -10.5. The number of rotatable bonds is 33. The van der Waals surface area contributed by atoms with E-state index in [1.54, 1.807) is 161 Å². The van der Waals surface area contributed by atoms with Crippen LogP contribution in [0.15, 0.2) is 260 Å². The van der Waals surface area contributed by atoms with Gasteiger partial charge in [-0.3, -0.25) is 0 Å². The van der Waals surface area contributed by atoms with Crippen molar-refractivity contribution in [2.45, 2.75) is 203 Å². The van der Waals surface area contributed by atoms with Crippen LogP contribution in [0.4, 0.5) is 0 Å². The third kappa shape index (κ3) is 31.8. The number of hydrogen-bond donors (Lipinski definition) is 0. The number of aryl methyl sites for hydroxylation is 2. The Balaban J connectivity index is 0.000000140. The average Bonchev–Trinajstić information content (AvgIpc) is 1.66. The molecule has 0 amide bonds. The topological polar surface area (TPSA) is 350 Å². The van der Waals surface area contributed by atoms with Gasteiger partial charge in [0.2, 0.25) is 35.3 Å². The molecule has 25 nitrogen and oxygen atoms in total. The zero-order valence-corrected chi connectivity index (χ0v) is 94.8. The standard InChI is InChI=1S/C22H23NO3S2.C20H21NO3S2.C19H16ClNO4S2.2C17H21NO3S2.C15H19NO3S2/c1-28(24,25)19-14-12-16(13-15-19)20-21(26-18-10-6-3-7-11-18)23-22(27-20)17-8-4-2-5-9-17;1-3-4-14-24-19-18(15-10-12-17(13-11-15)26(2,22)23)25-20(21-19)16-8-6-5-7-9-16;1-27(22,23)14-8-6-12(7-9-14)17-18(25-11-13-10-24-13)21-19(26-17)15-4-2-3-5-16(15)20;1-21-16-15(12-8-10-14(11-9-12)23(2,19)20)22-17(18-16)13-6-4-3-5-7-13;1-3-15-18-17(21-13-6-4-5-7-13)16(22-15)12-8-10-14(11-9-12)23(2,19)20;1-4-5-10-19-15-14(20-11(2)16-15)12-6-8-13(9-7-12)21(3,17)18/h2,4-5,8-9,12-15,18H,3,6-7,10-11H2,1H3;5-13H,3-4,14H2,1-2H3;2-9,13H,10-11H2,1H3;2*8-11,13H,3-7H2,1-2H3;6-9H,4-5,10H2,1-3H3. The van der Waals surface area contributed by atoms with Gasteiger partial charge in [-0.25, -0.2) is 80.4 Å². The van der Waals surface area contributed by atoms with E-state index in [9.17, 15) is 50.5 Å². The predicted molar refractivity (Wildman–Crippen MR) is 598 cm³/mol. The van der Waals surface area contributed by atoms with Gasteiger partial charge in [0.05, 0.1) is 101 Å². The third-order valence-corrected chi connectivity index (χ3v) is 38.3. The monoisotopic (exact) mass is 2250 g/mol. The molecule has 784 valence electrons. The lowest BCUT2D eigenvalue weighted by atomic mass is 9.90. The van der Waals surface area contributed by atoms with Crippen LogP contribution in [0.1, 0.15) is 157 Å². The van der Waals surface area contributed by atoms with E-state index in [0.717, 1.165) is 167 Å². The number of aromatic nitrogens is 6. The van der Waals surface area contributed by atoms with Gasteiger partial charge in [0.1, 0.15) is 44.9 Å². The molecule has 1 unspecified atom stereocenters. The Kier molecular flexibility index (Phi) is 39.8. The molecule has 4 aliphatic rings. The molecule has 19 rings (SSSR count). The average molecular weight is 2250 g/mol. The van der Waals surface area contributed by atoms with Gasteiger partial charge >= 0.3 is 0 Å². The fourth-order valence-corrected chi connectivity index (χ4v) is 26.3. The van der Waals surface area contributed by atoms with E-state index < -0.39 is 59.0 Å². The van der Waals surface area contributed by atoms with E-state index in [1.165, 1.54) is 113 Å². The lowest BCUT2D eigenvalue weighted by Gasteiger charge is -2.22. The minimum absolute atomic E-state index is 0.107. The van der Waals surface area contributed by atoms with E-state index >= 15 is 0 Å². The molecule has 1 saturated heterocycles. The second-order valence-electron chi connectivity index (χ2n) is 36.2. The maximum absolute atomic E-state index is 11.8. The predicted octanol–water partition coefficient (Wildman–Crippen LogP) is 27.0. The maximum atomic E-state index is 11.8. The van der Waals surface area contributed by atoms with Gasteiger partial charge in [0.25, 0.3) is 0 Å². The lowest BCUT2D eigenvalue weighted by Crippen LogP contribution is -2.20. The van der Waals surface area contributed by atoms with Crippen molar-refractivity contribution in [3.05, 3.63) is 251 Å². The fraction of sp³-hybridized carbons (Fsp3) is 0.345. The normalized spacial score (nSPS) is 14.6. The second kappa shape index (κ2) is 52.0. The smallest absolute Gasteiger partial charge is 0.233 e. The van der Waals surface area contributed by atoms with Gasteiger partial charge in [-0.1, -0.05) is 223 Å². The minimum atomic E-state index is -3.25. The van der Waals surface area contributed by atoms with Crippen molar-refractivity contribution in [1.82, 2.24) is 29.9 Å². The number of benzene rings is 9. The summed E-state index contributed by atoms with van der Waals surface area (Å²) >= 11 is 15.8. The van der Waals surface area contributed by atoms with E-state index in [4.69, 9.17) is 49.7 Å². The molecule has 9 aromatic carbocycles. The number of hydrogen-bond acceptors (Lipinski definition) is 31. The van der Waals surface area contributed by atoms with Gasteiger partial charge in [-0.15, -0.1) is 68.0 Å². The molecule has 4 fully saturated rings. The molecule has 148 heavy (non-hydrogen) atoms. The first-order valence-electron chi connectivity index (χ1n) is 48.8. The summed E-state index contributed by atoms with van der Waals surface area (Å²) in [5, 5.41) is 6.28. The number of epoxide rings is 1. The van der Waals surface area contributed by atoms with Gasteiger partial charge in [-0.05, 0) is 203 Å². The number of sulfone groups is 6. The summed E-state index contributed by atoms with van der Waals surface area (Å²) in [5.74, 6) is 4.27. The Bertz CT molecular complexity index is 7660. The molecular formula is C110H121ClN6O19S12. The molecule has 0 N–H and O–H groups in total. The van der Waals surface area contributed by atoms with Crippen molar-refractivity contribution < 1.29 is 83.7 Å². The van der Waals surface area contributed by atoms with Crippen LogP contribution in [0.5, 0.6) is 35.3 Å². The van der Waals surface area contributed by atoms with E-state index in [0.29, 0.717) is 97.1 Å². The van der Waals surface area contributed by atoms with Crippen molar-refractivity contribution in [2.75, 3.05) is 71.1 Å². The first-order chi connectivity index (χ1) is 70.8. The van der Waals surface area contributed by atoms with Crippen LogP contribution in [0.25, 0.3) is 94.4 Å². The van der Waals surface area contributed by atoms with Crippen LogP contribution in [0.2, 0.25) is 5.02 Å². The van der Waals surface area contributed by atoms with E-state index in [1.807, 2.05) is 140 Å². The van der Waals surface area contributed by atoms with Crippen LogP contribution in [0.3, 0.4) is 0 Å².